The molecule has 2 rings (SSSR count). The van der Waals surface area contributed by atoms with Crippen LogP contribution in [0.5, 0.6) is 0 Å². The number of pyridine rings is 1. The highest BCUT2D eigenvalue weighted by Crippen LogP contribution is 2.24. The van der Waals surface area contributed by atoms with Crippen molar-refractivity contribution in [2.45, 2.75) is 25.6 Å². The molecule has 1 aliphatic rings. The molecule has 1 aromatic heterocycles. The molecule has 0 spiro atoms. The molecular weight excluding hydrogens is 192 g/mol. The normalized spacial score (nSPS) is 25.9. The maximum absolute atomic E-state index is 9.83. The SMILES string of the molecule is CC1(O)CCN(c2cccc(CO)n2)C1. The number of aliphatic hydroxyl groups excluding tert-OH is 1. The van der Waals surface area contributed by atoms with Gasteiger partial charge in [0, 0.05) is 13.1 Å². The summed E-state index contributed by atoms with van der Waals surface area (Å²) in [6, 6.07) is 5.57. The van der Waals surface area contributed by atoms with Gasteiger partial charge in [-0.2, -0.15) is 0 Å². The number of aliphatic hydroxyl groups is 2. The highest BCUT2D eigenvalue weighted by Gasteiger charge is 2.31. The molecule has 15 heavy (non-hydrogen) atoms. The Morgan fingerprint density at radius 2 is 2.33 bits per heavy atom. The Bertz CT molecular complexity index is 352. The number of anilines is 1. The summed E-state index contributed by atoms with van der Waals surface area (Å²) in [4.78, 5) is 6.34. The fourth-order valence-corrected chi connectivity index (χ4v) is 1.87. The minimum atomic E-state index is -0.614. The standard InChI is InChI=1S/C11H16N2O2/c1-11(15)5-6-13(8-11)10-4-2-3-9(7-14)12-10/h2-4,14-15H,5-8H2,1H3. The fraction of sp³-hybridized carbons (Fsp3) is 0.545. The van der Waals surface area contributed by atoms with Gasteiger partial charge in [0.05, 0.1) is 17.9 Å². The Hall–Kier alpha value is -1.13. The van der Waals surface area contributed by atoms with Gasteiger partial charge in [0.15, 0.2) is 0 Å². The maximum Gasteiger partial charge on any atom is 0.129 e. The zero-order valence-electron chi connectivity index (χ0n) is 8.85. The zero-order valence-corrected chi connectivity index (χ0v) is 8.85. The lowest BCUT2D eigenvalue weighted by atomic mass is 10.1. The molecule has 0 amide bonds. The van der Waals surface area contributed by atoms with Crippen LogP contribution < -0.4 is 4.90 Å². The van der Waals surface area contributed by atoms with Gasteiger partial charge < -0.3 is 15.1 Å². The van der Waals surface area contributed by atoms with E-state index < -0.39 is 5.60 Å². The highest BCUT2D eigenvalue weighted by atomic mass is 16.3. The van der Waals surface area contributed by atoms with E-state index >= 15 is 0 Å². The second-order valence-electron chi connectivity index (χ2n) is 4.31. The molecule has 0 bridgehead atoms. The Morgan fingerprint density at radius 3 is 2.93 bits per heavy atom. The van der Waals surface area contributed by atoms with Crippen LogP contribution in [0.4, 0.5) is 5.82 Å². The molecule has 0 saturated carbocycles. The number of nitrogens with zero attached hydrogens (tertiary/aromatic N) is 2. The first kappa shape index (κ1) is 10.4. The lowest BCUT2D eigenvalue weighted by Gasteiger charge is -2.20. The van der Waals surface area contributed by atoms with Gasteiger partial charge in [-0.1, -0.05) is 6.07 Å². The molecule has 4 nitrogen and oxygen atoms in total. The molecule has 1 atom stereocenters. The van der Waals surface area contributed by atoms with Crippen molar-refractivity contribution < 1.29 is 10.2 Å². The van der Waals surface area contributed by atoms with E-state index in [1.54, 1.807) is 6.07 Å². The molecule has 1 saturated heterocycles. The summed E-state index contributed by atoms with van der Waals surface area (Å²) in [5, 5.41) is 18.8. The number of hydrogen-bond acceptors (Lipinski definition) is 4. The van der Waals surface area contributed by atoms with Gasteiger partial charge in [-0.05, 0) is 25.5 Å². The second kappa shape index (κ2) is 3.79. The van der Waals surface area contributed by atoms with Crippen molar-refractivity contribution in [2.75, 3.05) is 18.0 Å². The number of aromatic nitrogens is 1. The van der Waals surface area contributed by atoms with Gasteiger partial charge in [0.25, 0.3) is 0 Å². The Morgan fingerprint density at radius 1 is 1.53 bits per heavy atom. The van der Waals surface area contributed by atoms with E-state index in [0.717, 1.165) is 18.8 Å². The third-order valence-corrected chi connectivity index (χ3v) is 2.73. The van der Waals surface area contributed by atoms with Crippen LogP contribution >= 0.6 is 0 Å². The second-order valence-corrected chi connectivity index (χ2v) is 4.31. The molecule has 1 aliphatic heterocycles. The number of β-amino-alcohol motifs (C(OH)–C–C–N with tert-alkyl or cyclic N) is 1. The van der Waals surface area contributed by atoms with Gasteiger partial charge in [-0.3, -0.25) is 0 Å². The Labute approximate surface area is 89.2 Å². The molecule has 0 aromatic carbocycles. The quantitative estimate of drug-likeness (QED) is 0.744. The predicted octanol–water partition coefficient (Wildman–Crippen LogP) is 0.535. The molecule has 1 aromatic rings. The average molecular weight is 208 g/mol. The molecule has 1 unspecified atom stereocenters. The van der Waals surface area contributed by atoms with Crippen molar-refractivity contribution in [3.05, 3.63) is 23.9 Å². The summed E-state index contributed by atoms with van der Waals surface area (Å²) >= 11 is 0. The summed E-state index contributed by atoms with van der Waals surface area (Å²) < 4.78 is 0. The van der Waals surface area contributed by atoms with Crippen molar-refractivity contribution in [1.82, 2.24) is 4.98 Å². The van der Waals surface area contributed by atoms with E-state index in [-0.39, 0.29) is 6.61 Å². The minimum absolute atomic E-state index is 0.0436. The van der Waals surface area contributed by atoms with Crippen LogP contribution in [0.2, 0.25) is 0 Å². The molecule has 0 radical (unpaired) electrons. The summed E-state index contributed by atoms with van der Waals surface area (Å²) in [5.41, 5.74) is 0.0516. The number of hydrogen-bond donors (Lipinski definition) is 2. The molecular formula is C11H16N2O2. The summed E-state index contributed by atoms with van der Waals surface area (Å²) in [5.74, 6) is 0.833. The highest BCUT2D eigenvalue weighted by molar-refractivity contribution is 5.41. The van der Waals surface area contributed by atoms with E-state index in [2.05, 4.69) is 4.98 Å². The van der Waals surface area contributed by atoms with E-state index in [1.165, 1.54) is 0 Å². The largest absolute Gasteiger partial charge is 0.390 e. The van der Waals surface area contributed by atoms with Crippen molar-refractivity contribution in [3.63, 3.8) is 0 Å². The van der Waals surface area contributed by atoms with E-state index in [9.17, 15) is 5.11 Å². The van der Waals surface area contributed by atoms with Gasteiger partial charge in [-0.25, -0.2) is 4.98 Å². The van der Waals surface area contributed by atoms with Crippen molar-refractivity contribution in [2.24, 2.45) is 0 Å². The van der Waals surface area contributed by atoms with Crippen molar-refractivity contribution >= 4 is 5.82 Å². The summed E-state index contributed by atoms with van der Waals surface area (Å²) in [6.07, 6.45) is 0.762. The maximum atomic E-state index is 9.83. The zero-order chi connectivity index (χ0) is 10.9. The lowest BCUT2D eigenvalue weighted by Crippen LogP contribution is -2.30. The lowest BCUT2D eigenvalue weighted by molar-refractivity contribution is 0.0839. The third-order valence-electron chi connectivity index (χ3n) is 2.73. The van der Waals surface area contributed by atoms with E-state index in [4.69, 9.17) is 5.11 Å². The summed E-state index contributed by atoms with van der Waals surface area (Å²) in [6.45, 7) is 3.21. The monoisotopic (exact) mass is 208 g/mol. The van der Waals surface area contributed by atoms with E-state index in [1.807, 2.05) is 24.0 Å². The fourth-order valence-electron chi connectivity index (χ4n) is 1.87. The van der Waals surface area contributed by atoms with Crippen LogP contribution in [0.25, 0.3) is 0 Å². The molecule has 82 valence electrons. The van der Waals surface area contributed by atoms with Crippen LogP contribution in [0, 0.1) is 0 Å². The van der Waals surface area contributed by atoms with Gasteiger partial charge in [-0.15, -0.1) is 0 Å². The third kappa shape index (κ3) is 2.27. The predicted molar refractivity (Wildman–Crippen MR) is 57.6 cm³/mol. The van der Waals surface area contributed by atoms with Gasteiger partial charge in [0.2, 0.25) is 0 Å². The van der Waals surface area contributed by atoms with Gasteiger partial charge in [0.1, 0.15) is 5.82 Å². The first-order valence-corrected chi connectivity index (χ1v) is 5.15. The van der Waals surface area contributed by atoms with E-state index in [0.29, 0.717) is 12.2 Å². The summed E-state index contributed by atoms with van der Waals surface area (Å²) in [7, 11) is 0. The number of rotatable bonds is 2. The average Bonchev–Trinajstić information content (AvgIpc) is 2.59. The molecule has 4 heteroatoms. The van der Waals surface area contributed by atoms with Crippen molar-refractivity contribution in [3.8, 4) is 0 Å². The topological polar surface area (TPSA) is 56.6 Å². The molecule has 2 heterocycles. The van der Waals surface area contributed by atoms with Crippen molar-refractivity contribution in [1.29, 1.82) is 0 Å². The van der Waals surface area contributed by atoms with Crippen LogP contribution in [-0.4, -0.2) is 33.9 Å². The molecule has 0 aliphatic carbocycles. The Balaban J connectivity index is 2.16. The Kier molecular flexibility index (Phi) is 2.63. The first-order chi connectivity index (χ1) is 7.11. The van der Waals surface area contributed by atoms with Crippen LogP contribution in [0.1, 0.15) is 19.0 Å². The van der Waals surface area contributed by atoms with Crippen LogP contribution in [-0.2, 0) is 6.61 Å². The minimum Gasteiger partial charge on any atom is -0.390 e. The van der Waals surface area contributed by atoms with Crippen LogP contribution in [0.3, 0.4) is 0 Å². The first-order valence-electron chi connectivity index (χ1n) is 5.15. The van der Waals surface area contributed by atoms with Crippen LogP contribution in [0.15, 0.2) is 18.2 Å². The van der Waals surface area contributed by atoms with Gasteiger partial charge >= 0.3 is 0 Å². The molecule has 1 fully saturated rings. The smallest absolute Gasteiger partial charge is 0.129 e. The molecule has 2 N–H and O–H groups in total.